The molecule has 0 spiro atoms. The zero-order valence-electron chi connectivity index (χ0n) is 13.1. The molecule has 4 nitrogen and oxygen atoms in total. The molecule has 0 aromatic heterocycles. The largest absolute Gasteiger partial charge is 0.457 e. The lowest BCUT2D eigenvalue weighted by Gasteiger charge is -2.16. The van der Waals surface area contributed by atoms with Crippen LogP contribution < -0.4 is 4.74 Å². The normalized spacial score (nSPS) is 18.4. The fourth-order valence-electron chi connectivity index (χ4n) is 2.79. The van der Waals surface area contributed by atoms with Gasteiger partial charge in [0.1, 0.15) is 17.6 Å². The van der Waals surface area contributed by atoms with Crippen molar-refractivity contribution in [3.63, 3.8) is 0 Å². The summed E-state index contributed by atoms with van der Waals surface area (Å²) in [5.41, 5.74) is -1.22. The van der Waals surface area contributed by atoms with Gasteiger partial charge >= 0.3 is 0 Å². The number of ether oxygens (including phenoxy) is 1. The minimum Gasteiger partial charge on any atom is -0.457 e. The number of alkyl halides is 3. The Morgan fingerprint density at radius 2 is 1.74 bits per heavy atom. The van der Waals surface area contributed by atoms with Crippen LogP contribution in [0.15, 0.2) is 29.2 Å². The van der Waals surface area contributed by atoms with Gasteiger partial charge in [0.15, 0.2) is 23.5 Å². The van der Waals surface area contributed by atoms with E-state index in [0.29, 0.717) is 12.1 Å². The molecule has 0 heterocycles. The highest BCUT2D eigenvalue weighted by atomic mass is 32.2. The quantitative estimate of drug-likeness (QED) is 0.613. The van der Waals surface area contributed by atoms with Crippen molar-refractivity contribution in [1.29, 1.82) is 0 Å². The van der Waals surface area contributed by atoms with Crippen LogP contribution in [-0.2, 0) is 16.3 Å². The van der Waals surface area contributed by atoms with Gasteiger partial charge < -0.3 is 9.84 Å². The molecule has 0 aliphatic heterocycles. The van der Waals surface area contributed by atoms with Crippen LogP contribution in [0.25, 0.3) is 0 Å². The van der Waals surface area contributed by atoms with E-state index < -0.39 is 79.3 Å². The molecule has 3 rings (SSSR count). The number of benzene rings is 2. The van der Waals surface area contributed by atoms with E-state index in [0.717, 1.165) is 12.1 Å². The summed E-state index contributed by atoms with van der Waals surface area (Å²) in [4.78, 5) is -0.839. The standard InChI is InChI=1S/C16H10F6O4S/c17-6-27(24,25)12-2-1-11(8-5-16(21,22)15(23)13(8)12)26-7-3-9(18)14(20)10(19)4-7/h1-4,15,23H,5-6H2. The number of aliphatic hydroxyl groups is 1. The van der Waals surface area contributed by atoms with E-state index in [4.69, 9.17) is 4.74 Å². The Kier molecular flexibility index (Phi) is 4.63. The second-order valence-corrected chi connectivity index (χ2v) is 7.71. The van der Waals surface area contributed by atoms with Crippen molar-refractivity contribution in [3.8, 4) is 11.5 Å². The molecule has 1 atom stereocenters. The fraction of sp³-hybridized carbons (Fsp3) is 0.250. The van der Waals surface area contributed by atoms with Gasteiger partial charge in [0.05, 0.1) is 4.90 Å². The van der Waals surface area contributed by atoms with Gasteiger partial charge in [0, 0.05) is 29.7 Å². The molecular weight excluding hydrogens is 402 g/mol. The van der Waals surface area contributed by atoms with Crippen LogP contribution in [0.4, 0.5) is 26.3 Å². The summed E-state index contributed by atoms with van der Waals surface area (Å²) in [5.74, 6) is -9.75. The highest BCUT2D eigenvalue weighted by molar-refractivity contribution is 7.91. The second kappa shape index (κ2) is 6.41. The Bertz CT molecular complexity index is 999. The monoisotopic (exact) mass is 412 g/mol. The highest BCUT2D eigenvalue weighted by Gasteiger charge is 2.50. The van der Waals surface area contributed by atoms with Crippen molar-refractivity contribution in [3.05, 3.63) is 52.8 Å². The Hall–Kier alpha value is -2.27. The van der Waals surface area contributed by atoms with Crippen LogP contribution in [0.3, 0.4) is 0 Å². The van der Waals surface area contributed by atoms with Crippen molar-refractivity contribution >= 4 is 9.84 Å². The summed E-state index contributed by atoms with van der Waals surface area (Å²) >= 11 is 0. The van der Waals surface area contributed by atoms with Crippen molar-refractivity contribution < 1.29 is 44.6 Å². The van der Waals surface area contributed by atoms with E-state index in [1.165, 1.54) is 0 Å². The summed E-state index contributed by atoms with van der Waals surface area (Å²) in [5, 5.41) is 9.80. The number of rotatable bonds is 4. The molecule has 11 heteroatoms. The summed E-state index contributed by atoms with van der Waals surface area (Å²) < 4.78 is 109. The van der Waals surface area contributed by atoms with Crippen LogP contribution in [0.2, 0.25) is 0 Å². The average Bonchev–Trinajstić information content (AvgIpc) is 2.83. The van der Waals surface area contributed by atoms with Gasteiger partial charge in [-0.15, -0.1) is 0 Å². The third kappa shape index (κ3) is 3.25. The predicted molar refractivity (Wildman–Crippen MR) is 79.6 cm³/mol. The number of halogens is 6. The number of hydrogen-bond acceptors (Lipinski definition) is 4. The van der Waals surface area contributed by atoms with Crippen molar-refractivity contribution in [2.24, 2.45) is 0 Å². The first-order valence-electron chi connectivity index (χ1n) is 7.30. The molecular formula is C16H10F6O4S. The lowest BCUT2D eigenvalue weighted by molar-refractivity contribution is -0.0976. The minimum absolute atomic E-state index is 0.440. The van der Waals surface area contributed by atoms with Gasteiger partial charge in [-0.1, -0.05) is 0 Å². The molecule has 2 aromatic rings. The third-order valence-electron chi connectivity index (χ3n) is 4.02. The van der Waals surface area contributed by atoms with Crippen LogP contribution >= 0.6 is 0 Å². The highest BCUT2D eigenvalue weighted by Crippen LogP contribution is 2.49. The summed E-state index contributed by atoms with van der Waals surface area (Å²) in [6.45, 7) is 0. The summed E-state index contributed by atoms with van der Waals surface area (Å²) in [6.07, 6.45) is -3.70. The van der Waals surface area contributed by atoms with E-state index >= 15 is 0 Å². The van der Waals surface area contributed by atoms with Crippen molar-refractivity contribution in [2.75, 3.05) is 6.01 Å². The maximum absolute atomic E-state index is 13.9. The molecule has 1 aliphatic carbocycles. The molecule has 0 amide bonds. The van der Waals surface area contributed by atoms with E-state index in [1.54, 1.807) is 0 Å². The molecule has 146 valence electrons. The van der Waals surface area contributed by atoms with Crippen LogP contribution in [0.5, 0.6) is 11.5 Å². The van der Waals surface area contributed by atoms with Crippen LogP contribution in [0.1, 0.15) is 17.2 Å². The topological polar surface area (TPSA) is 63.6 Å². The molecule has 27 heavy (non-hydrogen) atoms. The Morgan fingerprint density at radius 3 is 2.30 bits per heavy atom. The Labute approximate surface area is 148 Å². The number of hydrogen-bond donors (Lipinski definition) is 1. The first-order chi connectivity index (χ1) is 12.5. The van der Waals surface area contributed by atoms with Gasteiger partial charge in [-0.3, -0.25) is 0 Å². The van der Waals surface area contributed by atoms with Crippen LogP contribution in [-0.4, -0.2) is 25.5 Å². The van der Waals surface area contributed by atoms with Crippen molar-refractivity contribution in [2.45, 2.75) is 23.3 Å². The maximum Gasteiger partial charge on any atom is 0.281 e. The second-order valence-electron chi connectivity index (χ2n) is 5.82. The lowest BCUT2D eigenvalue weighted by Crippen LogP contribution is -2.22. The molecule has 0 saturated heterocycles. The van der Waals surface area contributed by atoms with Gasteiger partial charge in [-0.25, -0.2) is 34.8 Å². The first-order valence-corrected chi connectivity index (χ1v) is 8.96. The number of sulfone groups is 1. The number of fused-ring (bicyclic) bond motifs is 1. The molecule has 0 bridgehead atoms. The molecule has 1 unspecified atom stereocenters. The van der Waals surface area contributed by atoms with Gasteiger partial charge in [0.25, 0.3) is 5.92 Å². The first kappa shape index (κ1) is 19.5. The smallest absolute Gasteiger partial charge is 0.281 e. The molecule has 0 radical (unpaired) electrons. The number of aliphatic hydroxyl groups excluding tert-OH is 1. The fourth-order valence-corrected chi connectivity index (χ4v) is 3.76. The molecule has 1 N–H and O–H groups in total. The van der Waals surface area contributed by atoms with E-state index in [9.17, 15) is 39.9 Å². The zero-order chi connectivity index (χ0) is 20.1. The Balaban J connectivity index is 2.15. The van der Waals surface area contributed by atoms with E-state index in [1.807, 2.05) is 0 Å². The van der Waals surface area contributed by atoms with Gasteiger partial charge in [-0.2, -0.15) is 0 Å². The minimum atomic E-state index is -4.60. The maximum atomic E-state index is 13.9. The molecule has 1 aliphatic rings. The van der Waals surface area contributed by atoms with Crippen LogP contribution in [0, 0.1) is 17.5 Å². The average molecular weight is 412 g/mol. The molecule has 2 aromatic carbocycles. The SMILES string of the molecule is O=S(=O)(CF)c1ccc(Oc2cc(F)c(F)c(F)c2)c2c1C(O)C(F)(F)C2. The van der Waals surface area contributed by atoms with E-state index in [-0.39, 0.29) is 0 Å². The zero-order valence-corrected chi connectivity index (χ0v) is 14.0. The van der Waals surface area contributed by atoms with Crippen molar-refractivity contribution in [1.82, 2.24) is 0 Å². The predicted octanol–water partition coefficient (Wildman–Crippen LogP) is 3.82. The molecule has 0 fully saturated rings. The lowest BCUT2D eigenvalue weighted by atomic mass is 10.1. The van der Waals surface area contributed by atoms with Gasteiger partial charge in [-0.05, 0) is 12.1 Å². The summed E-state index contributed by atoms with van der Waals surface area (Å²) in [6, 6.07) is 0.659. The van der Waals surface area contributed by atoms with Gasteiger partial charge in [0.2, 0.25) is 9.84 Å². The Morgan fingerprint density at radius 1 is 1.15 bits per heavy atom. The third-order valence-corrected chi connectivity index (χ3v) is 5.34. The van der Waals surface area contributed by atoms with E-state index in [2.05, 4.69) is 0 Å². The molecule has 0 saturated carbocycles. The summed E-state index contributed by atoms with van der Waals surface area (Å²) in [7, 11) is -4.60.